The minimum Gasteiger partial charge on any atom is -0.480 e. The van der Waals surface area contributed by atoms with Crippen molar-refractivity contribution >= 4 is 17.4 Å². The lowest BCUT2D eigenvalue weighted by atomic mass is 10.1. The van der Waals surface area contributed by atoms with Gasteiger partial charge in [-0.15, -0.1) is 0 Å². The lowest BCUT2D eigenvalue weighted by Gasteiger charge is -2.32. The van der Waals surface area contributed by atoms with Crippen molar-refractivity contribution in [2.75, 3.05) is 19.8 Å². The van der Waals surface area contributed by atoms with Gasteiger partial charge in [0.1, 0.15) is 5.82 Å². The second-order valence-electron chi connectivity index (χ2n) is 4.79. The van der Waals surface area contributed by atoms with E-state index in [1.165, 1.54) is 23.1 Å². The number of carboxylic acids is 1. The van der Waals surface area contributed by atoms with Gasteiger partial charge in [0, 0.05) is 12.6 Å². The molecule has 1 fully saturated rings. The highest BCUT2D eigenvalue weighted by molar-refractivity contribution is 5.97. The number of halogens is 1. The van der Waals surface area contributed by atoms with Crippen molar-refractivity contribution in [1.29, 1.82) is 0 Å². The molecular formula is C15H16FNO4. The van der Waals surface area contributed by atoms with E-state index in [4.69, 9.17) is 9.84 Å². The quantitative estimate of drug-likeness (QED) is 0.859. The molecule has 0 bridgehead atoms. The fourth-order valence-corrected chi connectivity index (χ4v) is 2.14. The summed E-state index contributed by atoms with van der Waals surface area (Å²) in [5.41, 5.74) is 1.36. The Morgan fingerprint density at radius 1 is 1.38 bits per heavy atom. The van der Waals surface area contributed by atoms with Crippen LogP contribution in [0.5, 0.6) is 0 Å². The molecule has 112 valence electrons. The van der Waals surface area contributed by atoms with E-state index in [1.807, 2.05) is 0 Å². The molecule has 1 heterocycles. The number of ether oxygens (including phenoxy) is 1. The Kier molecular flexibility index (Phi) is 4.70. The van der Waals surface area contributed by atoms with Crippen LogP contribution >= 0.6 is 0 Å². The molecule has 21 heavy (non-hydrogen) atoms. The van der Waals surface area contributed by atoms with Gasteiger partial charge >= 0.3 is 5.97 Å². The third-order valence-corrected chi connectivity index (χ3v) is 3.34. The van der Waals surface area contributed by atoms with E-state index in [9.17, 15) is 14.0 Å². The van der Waals surface area contributed by atoms with Gasteiger partial charge in [0.2, 0.25) is 5.91 Å². The van der Waals surface area contributed by atoms with Crippen LogP contribution < -0.4 is 0 Å². The van der Waals surface area contributed by atoms with Crippen LogP contribution in [0.15, 0.2) is 30.3 Å². The van der Waals surface area contributed by atoms with Gasteiger partial charge in [0.15, 0.2) is 6.04 Å². The molecule has 6 heteroatoms. The van der Waals surface area contributed by atoms with Crippen LogP contribution in [0.1, 0.15) is 12.5 Å². The molecule has 0 saturated carbocycles. The summed E-state index contributed by atoms with van der Waals surface area (Å²) in [7, 11) is 0. The number of hydrogen-bond acceptors (Lipinski definition) is 3. The van der Waals surface area contributed by atoms with E-state index in [0.717, 1.165) is 0 Å². The van der Waals surface area contributed by atoms with Gasteiger partial charge in [0.05, 0.1) is 13.2 Å². The van der Waals surface area contributed by atoms with E-state index >= 15 is 0 Å². The molecule has 0 spiro atoms. The molecule has 1 aromatic rings. The van der Waals surface area contributed by atoms with Crippen LogP contribution in [0.4, 0.5) is 4.39 Å². The summed E-state index contributed by atoms with van der Waals surface area (Å²) in [5, 5.41) is 9.10. The molecule has 5 nitrogen and oxygen atoms in total. The predicted octanol–water partition coefficient (Wildman–Crippen LogP) is 1.54. The van der Waals surface area contributed by atoms with Crippen LogP contribution in [0, 0.1) is 5.82 Å². The number of benzene rings is 1. The fourth-order valence-electron chi connectivity index (χ4n) is 2.14. The molecule has 1 N–H and O–H groups in total. The number of carboxylic acid groups (broad SMARTS) is 1. The van der Waals surface area contributed by atoms with Gasteiger partial charge in [-0.2, -0.15) is 0 Å². The van der Waals surface area contributed by atoms with Crippen molar-refractivity contribution in [3.05, 3.63) is 41.7 Å². The van der Waals surface area contributed by atoms with Gasteiger partial charge in [-0.1, -0.05) is 12.1 Å². The monoisotopic (exact) mass is 293 g/mol. The van der Waals surface area contributed by atoms with Gasteiger partial charge in [-0.3, -0.25) is 4.79 Å². The maximum atomic E-state index is 12.9. The second-order valence-corrected chi connectivity index (χ2v) is 4.79. The molecule has 0 aromatic heterocycles. The number of allylic oxidation sites excluding steroid dienone is 1. The Morgan fingerprint density at radius 2 is 2.05 bits per heavy atom. The van der Waals surface area contributed by atoms with Crippen molar-refractivity contribution in [3.8, 4) is 0 Å². The summed E-state index contributed by atoms with van der Waals surface area (Å²) < 4.78 is 18.0. The van der Waals surface area contributed by atoms with Crippen molar-refractivity contribution in [2.45, 2.75) is 13.0 Å². The summed E-state index contributed by atoms with van der Waals surface area (Å²) in [4.78, 5) is 24.6. The molecule has 0 aliphatic carbocycles. The van der Waals surface area contributed by atoms with E-state index in [2.05, 4.69) is 0 Å². The zero-order chi connectivity index (χ0) is 15.4. The van der Waals surface area contributed by atoms with E-state index in [1.54, 1.807) is 19.1 Å². The number of aliphatic carboxylic acids is 1. The number of hydrogen-bond donors (Lipinski definition) is 1. The minimum absolute atomic E-state index is 0.00942. The highest BCUT2D eigenvalue weighted by Crippen LogP contribution is 2.16. The standard InChI is InChI=1S/C15H16FNO4/c1-10(11-2-4-12(16)5-3-11)8-14(18)17-6-7-21-9-13(17)15(19)20/h2-5,8,13H,6-7,9H2,1H3,(H,19,20). The molecule has 1 aliphatic rings. The normalized spacial score (nSPS) is 19.4. The van der Waals surface area contributed by atoms with Gasteiger partial charge < -0.3 is 14.7 Å². The average molecular weight is 293 g/mol. The van der Waals surface area contributed by atoms with E-state index < -0.39 is 12.0 Å². The zero-order valence-electron chi connectivity index (χ0n) is 11.6. The highest BCUT2D eigenvalue weighted by atomic mass is 19.1. The molecule has 1 aliphatic heterocycles. The molecule has 1 amide bonds. The SMILES string of the molecule is CC(=CC(=O)N1CCOCC1C(=O)O)c1ccc(F)cc1. The molecule has 1 saturated heterocycles. The lowest BCUT2D eigenvalue weighted by molar-refractivity contribution is -0.156. The Morgan fingerprint density at radius 3 is 2.67 bits per heavy atom. The topological polar surface area (TPSA) is 66.8 Å². The van der Waals surface area contributed by atoms with Gasteiger partial charge in [-0.25, -0.2) is 9.18 Å². The third kappa shape index (κ3) is 3.66. The van der Waals surface area contributed by atoms with Crippen LogP contribution in [0.25, 0.3) is 5.57 Å². The lowest BCUT2D eigenvalue weighted by Crippen LogP contribution is -2.52. The van der Waals surface area contributed by atoms with E-state index in [0.29, 0.717) is 17.7 Å². The Balaban J connectivity index is 2.16. The summed E-state index contributed by atoms with van der Waals surface area (Å²) in [5.74, 6) is -1.82. The Labute approximate surface area is 121 Å². The fraction of sp³-hybridized carbons (Fsp3) is 0.333. The second kappa shape index (κ2) is 6.49. The zero-order valence-corrected chi connectivity index (χ0v) is 11.6. The number of carbonyl (C=O) groups excluding carboxylic acids is 1. The maximum Gasteiger partial charge on any atom is 0.328 e. The van der Waals surface area contributed by atoms with Crippen LogP contribution in [-0.2, 0) is 14.3 Å². The Bertz CT molecular complexity index is 568. The summed E-state index contributed by atoms with van der Waals surface area (Å²) in [6.07, 6.45) is 1.37. The van der Waals surface area contributed by atoms with Crippen LogP contribution in [0.2, 0.25) is 0 Å². The first-order valence-electron chi connectivity index (χ1n) is 6.54. The van der Waals surface area contributed by atoms with Crippen molar-refractivity contribution in [1.82, 2.24) is 4.90 Å². The maximum absolute atomic E-state index is 12.9. The van der Waals surface area contributed by atoms with Gasteiger partial charge in [-0.05, 0) is 30.2 Å². The van der Waals surface area contributed by atoms with E-state index in [-0.39, 0.29) is 24.9 Å². The number of morpholine rings is 1. The van der Waals surface area contributed by atoms with Crippen molar-refractivity contribution in [2.24, 2.45) is 0 Å². The largest absolute Gasteiger partial charge is 0.480 e. The molecule has 1 aromatic carbocycles. The highest BCUT2D eigenvalue weighted by Gasteiger charge is 2.31. The predicted molar refractivity (Wildman–Crippen MR) is 74.0 cm³/mol. The summed E-state index contributed by atoms with van der Waals surface area (Å²) in [6.45, 7) is 2.27. The number of nitrogens with zero attached hydrogens (tertiary/aromatic N) is 1. The molecule has 1 unspecified atom stereocenters. The minimum atomic E-state index is -1.09. The first-order chi connectivity index (χ1) is 9.99. The molecule has 2 rings (SSSR count). The average Bonchev–Trinajstić information content (AvgIpc) is 2.47. The first-order valence-corrected chi connectivity index (χ1v) is 6.54. The number of carbonyl (C=O) groups is 2. The number of rotatable bonds is 3. The smallest absolute Gasteiger partial charge is 0.328 e. The van der Waals surface area contributed by atoms with Gasteiger partial charge in [0.25, 0.3) is 0 Å². The van der Waals surface area contributed by atoms with Crippen molar-refractivity contribution in [3.63, 3.8) is 0 Å². The first kappa shape index (κ1) is 15.2. The Hall–Kier alpha value is -2.21. The van der Waals surface area contributed by atoms with Crippen LogP contribution in [0.3, 0.4) is 0 Å². The third-order valence-electron chi connectivity index (χ3n) is 3.34. The number of amides is 1. The van der Waals surface area contributed by atoms with Crippen molar-refractivity contribution < 1.29 is 23.8 Å². The van der Waals surface area contributed by atoms with Crippen LogP contribution in [-0.4, -0.2) is 47.7 Å². The molecule has 0 radical (unpaired) electrons. The molecule has 1 atom stereocenters. The molecular weight excluding hydrogens is 277 g/mol. The summed E-state index contributed by atoms with van der Waals surface area (Å²) >= 11 is 0. The summed E-state index contributed by atoms with van der Waals surface area (Å²) in [6, 6.07) is 4.80.